The van der Waals surface area contributed by atoms with Crippen molar-refractivity contribution in [2.24, 2.45) is 35.5 Å². The smallest absolute Gasteiger partial charge is 0.471 e. The quantitative estimate of drug-likeness (QED) is 0.205. The fourth-order valence-electron chi connectivity index (χ4n) is 8.87. The average molecular weight is 948 g/mol. The highest BCUT2D eigenvalue weighted by molar-refractivity contribution is 14.1. The van der Waals surface area contributed by atoms with Crippen LogP contribution in [0.15, 0.2) is 30.3 Å². The van der Waals surface area contributed by atoms with Crippen LogP contribution in [0.2, 0.25) is 0 Å². The summed E-state index contributed by atoms with van der Waals surface area (Å²) < 4.78 is 72.2. The Kier molecular flexibility index (Phi) is 16.5. The summed E-state index contributed by atoms with van der Waals surface area (Å²) >= 11 is 1.41. The molecule has 5 saturated heterocycles. The van der Waals surface area contributed by atoms with Crippen LogP contribution in [0.3, 0.4) is 0 Å². The first-order chi connectivity index (χ1) is 27.5. The second kappa shape index (κ2) is 20.3. The summed E-state index contributed by atoms with van der Waals surface area (Å²) in [4.78, 5) is 12.7. The largest absolute Gasteiger partial charge is 0.527 e. The SMILES string of the molecule is CC(=O)NC1[C@H](OC2[C@H](OC3[C@H]([O][AlH][I])OC(C)[C@H](C)[C@@H]3C)OC(C)[C@H](C)[C@@H]2O[C@H]2O[C@@H](COCc3ccccc3)[C@@H](C)C(C)C2C)OC2COC(C)(C)O[C@H]2[C@@H]1O. The van der Waals surface area contributed by atoms with Crippen molar-refractivity contribution >= 4 is 38.5 Å². The lowest BCUT2D eigenvalue weighted by atomic mass is 9.79. The molecule has 0 saturated carbocycles. The summed E-state index contributed by atoms with van der Waals surface area (Å²) in [6.45, 7) is 23.0. The Morgan fingerprint density at radius 3 is 2.14 bits per heavy atom. The molecule has 8 unspecified atom stereocenters. The Bertz CT molecular complexity index is 1470. The van der Waals surface area contributed by atoms with E-state index in [9.17, 15) is 9.90 Å². The molecule has 6 rings (SSSR count). The Labute approximate surface area is 362 Å². The summed E-state index contributed by atoms with van der Waals surface area (Å²) in [7, 11) is 0. The van der Waals surface area contributed by atoms with Gasteiger partial charge < -0.3 is 61.6 Å². The van der Waals surface area contributed by atoms with E-state index in [4.69, 9.17) is 51.2 Å². The number of halogens is 1. The van der Waals surface area contributed by atoms with Gasteiger partial charge in [0.25, 0.3) is 0 Å². The highest BCUT2D eigenvalue weighted by Gasteiger charge is 2.56. The van der Waals surface area contributed by atoms with Crippen LogP contribution < -0.4 is 5.32 Å². The maximum Gasteiger partial charge on any atom is 0.527 e. The molecule has 1 aromatic carbocycles. The molecule has 0 bridgehead atoms. The summed E-state index contributed by atoms with van der Waals surface area (Å²) in [6, 6.07) is 9.11. The molecule has 20 atom stereocenters. The highest BCUT2D eigenvalue weighted by atomic mass is 127. The van der Waals surface area contributed by atoms with E-state index in [1.165, 1.54) is 6.92 Å². The second-order valence-corrected chi connectivity index (χ2v) is 20.2. The van der Waals surface area contributed by atoms with Crippen molar-refractivity contribution in [3.8, 4) is 0 Å². The number of aliphatic hydroxyl groups excluding tert-OH is 1. The summed E-state index contributed by atoms with van der Waals surface area (Å²) in [6.07, 6.45) is -8.60. The predicted octanol–water partition coefficient (Wildman–Crippen LogP) is 4.85. The lowest BCUT2D eigenvalue weighted by Gasteiger charge is -2.53. The van der Waals surface area contributed by atoms with Crippen LogP contribution in [-0.2, 0) is 62.6 Å². The number of benzene rings is 1. The number of rotatable bonds is 13. The lowest BCUT2D eigenvalue weighted by molar-refractivity contribution is -0.403. The molecule has 5 heterocycles. The van der Waals surface area contributed by atoms with Gasteiger partial charge in [-0.05, 0) is 56.9 Å². The van der Waals surface area contributed by atoms with Crippen LogP contribution in [-0.4, -0.2) is 128 Å². The molecule has 1 amide bonds. The van der Waals surface area contributed by atoms with Crippen LogP contribution in [0.25, 0.3) is 0 Å². The minimum Gasteiger partial charge on any atom is -0.471 e. The summed E-state index contributed by atoms with van der Waals surface area (Å²) in [5.41, 5.74) is 1.10. The van der Waals surface area contributed by atoms with Crippen molar-refractivity contribution in [3.63, 3.8) is 0 Å². The Hall–Kier alpha value is -0.528. The van der Waals surface area contributed by atoms with E-state index < -0.39 is 85.9 Å². The van der Waals surface area contributed by atoms with Gasteiger partial charge in [0.2, 0.25) is 5.91 Å². The average Bonchev–Trinajstić information content (AvgIpc) is 3.18. The zero-order chi connectivity index (χ0) is 42.1. The van der Waals surface area contributed by atoms with Gasteiger partial charge in [-0.25, -0.2) is 0 Å². The number of carbonyl (C=O) groups is 1. The minimum atomic E-state index is -1.18. The lowest BCUT2D eigenvalue weighted by Crippen LogP contribution is -2.70. The standard InChI is InChI=1S/C42H66NO13.Al.HI.H/c1-20-22(3)30(18-47-17-29-15-13-12-14-16-29)51-39(24(20)5)53-34-25(6)27(8)50-41(54-35-23(4)21(2)26(7)49-38(35)46)37(34)55-40-32(43-28(9)44)33(45)36-31(52-40)19-48-42(10,11)56-36;;;/h12-16,20-27,30-41,45H,17-19H2,1-11H3,(H,43,44);;1H;/q-1;+2;;/p-1/t20?,21-,22+,23+,24?,25+,26?,27?,30+,31?,32?,33-,34+,35?,36-,37?,38-,39-,40+,41+;;;/m1.../s1. The van der Waals surface area contributed by atoms with Gasteiger partial charge in [-0.2, -0.15) is 20.3 Å². The molecule has 16 heteroatoms. The number of hydrogen-bond donors (Lipinski definition) is 2. The van der Waals surface area contributed by atoms with Gasteiger partial charge in [-0.3, -0.25) is 4.79 Å². The first-order valence-corrected chi connectivity index (χ1v) is 26.8. The molecule has 1 aromatic rings. The van der Waals surface area contributed by atoms with Crippen LogP contribution in [0.1, 0.15) is 81.7 Å². The molecule has 0 aromatic heterocycles. The van der Waals surface area contributed by atoms with Crippen LogP contribution in [0, 0.1) is 35.5 Å². The Morgan fingerprint density at radius 2 is 1.45 bits per heavy atom. The molecule has 5 aliphatic heterocycles. The maximum absolute atomic E-state index is 12.7. The molecule has 0 aliphatic carbocycles. The fourth-order valence-corrected chi connectivity index (χ4v) is 10.3. The number of carbonyl (C=O) groups excluding carboxylic acids is 1. The number of hydrogen-bond acceptors (Lipinski definition) is 13. The highest BCUT2D eigenvalue weighted by Crippen LogP contribution is 2.43. The maximum atomic E-state index is 12.7. The van der Waals surface area contributed by atoms with Crippen LogP contribution in [0.4, 0.5) is 0 Å². The first kappa shape index (κ1) is 47.0. The van der Waals surface area contributed by atoms with E-state index in [0.29, 0.717) is 13.2 Å². The van der Waals surface area contributed by atoms with Gasteiger partial charge >= 0.3 is 12.3 Å². The number of aliphatic hydroxyl groups is 1. The third-order valence-electron chi connectivity index (χ3n) is 13.4. The summed E-state index contributed by atoms with van der Waals surface area (Å²) in [5, 5.41) is 14.7. The Morgan fingerprint density at radius 1 is 0.793 bits per heavy atom. The Balaban J connectivity index is 1.31. The molecule has 5 aliphatic rings. The van der Waals surface area contributed by atoms with Gasteiger partial charge in [0.05, 0.1) is 44.2 Å². The minimum absolute atomic E-state index is 0.0202. The van der Waals surface area contributed by atoms with Gasteiger partial charge in [-0.1, -0.05) is 71.9 Å². The second-order valence-electron chi connectivity index (χ2n) is 17.7. The zero-order valence-electron chi connectivity index (χ0n) is 36.0. The van der Waals surface area contributed by atoms with E-state index in [-0.39, 0.29) is 66.3 Å². The zero-order valence-corrected chi connectivity index (χ0v) is 39.6. The van der Waals surface area contributed by atoms with Crippen LogP contribution in [0.5, 0.6) is 0 Å². The number of nitrogens with one attached hydrogen (secondary N) is 1. The van der Waals surface area contributed by atoms with E-state index in [1.807, 2.05) is 25.1 Å². The molecular weight excluding hydrogens is 880 g/mol. The fraction of sp³-hybridized carbons (Fsp3) is 0.833. The number of fused-ring (bicyclic) bond motifs is 1. The molecular formula is C42H67AlINO13. The van der Waals surface area contributed by atoms with Crippen molar-refractivity contribution in [2.45, 2.75) is 175 Å². The van der Waals surface area contributed by atoms with Crippen LogP contribution >= 0.6 is 20.3 Å². The topological polar surface area (TPSA) is 151 Å². The van der Waals surface area contributed by atoms with E-state index >= 15 is 0 Å². The molecule has 58 heavy (non-hydrogen) atoms. The van der Waals surface area contributed by atoms with Crippen molar-refractivity contribution in [1.29, 1.82) is 0 Å². The predicted molar refractivity (Wildman–Crippen MR) is 222 cm³/mol. The van der Waals surface area contributed by atoms with Gasteiger partial charge in [0.15, 0.2) is 30.9 Å². The third kappa shape index (κ3) is 10.8. The first-order valence-electron chi connectivity index (χ1n) is 21.1. The molecule has 5 fully saturated rings. The molecule has 14 nitrogen and oxygen atoms in total. The van der Waals surface area contributed by atoms with Gasteiger partial charge in [-0.15, -0.1) is 0 Å². The number of ether oxygens (including phenoxy) is 10. The van der Waals surface area contributed by atoms with E-state index in [2.05, 4.69) is 86.2 Å². The summed E-state index contributed by atoms with van der Waals surface area (Å²) in [5.74, 6) is -0.833. The van der Waals surface area contributed by atoms with Crippen molar-refractivity contribution in [3.05, 3.63) is 35.9 Å². The van der Waals surface area contributed by atoms with Gasteiger partial charge in [0, 0.05) is 18.8 Å². The third-order valence-corrected chi connectivity index (χ3v) is 15.0. The molecule has 0 radical (unpaired) electrons. The van der Waals surface area contributed by atoms with Gasteiger partial charge in [0.1, 0.15) is 36.6 Å². The molecule has 328 valence electrons. The monoisotopic (exact) mass is 947 g/mol. The van der Waals surface area contributed by atoms with Crippen molar-refractivity contribution < 1.29 is 61.1 Å². The van der Waals surface area contributed by atoms with E-state index in [0.717, 1.165) is 5.56 Å². The molecule has 0 spiro atoms. The van der Waals surface area contributed by atoms with Crippen molar-refractivity contribution in [2.75, 3.05) is 13.2 Å². The normalized spacial score (nSPS) is 45.5. The number of amides is 1. The molecule has 2 N–H and O–H groups in total. The van der Waals surface area contributed by atoms with Crippen molar-refractivity contribution in [1.82, 2.24) is 5.32 Å². The van der Waals surface area contributed by atoms with E-state index in [1.54, 1.807) is 13.8 Å².